The number of pyridine rings is 5. The molecule has 0 radical (unpaired) electrons. The second kappa shape index (κ2) is 33.5. The maximum atomic E-state index is 9.62. The van der Waals surface area contributed by atoms with Gasteiger partial charge in [-0.3, -0.25) is 0 Å². The van der Waals surface area contributed by atoms with Gasteiger partial charge in [0.25, 0.3) is 0 Å². The van der Waals surface area contributed by atoms with Crippen molar-refractivity contribution in [1.82, 2.24) is 0 Å². The molecule has 0 aliphatic heterocycles. The van der Waals surface area contributed by atoms with Crippen LogP contribution in [-0.2, 0) is 35.2 Å². The monoisotopic (exact) mass is 1860 g/mol. The van der Waals surface area contributed by atoms with Crippen LogP contribution in [0.3, 0.4) is 0 Å². The van der Waals surface area contributed by atoms with Crippen LogP contribution in [0.4, 0.5) is 17.1 Å². The van der Waals surface area contributed by atoms with E-state index in [1.807, 2.05) is 54.6 Å². The molecule has 0 saturated heterocycles. The minimum atomic E-state index is 0.172. The molecule has 0 unspecified atom stereocenters. The summed E-state index contributed by atoms with van der Waals surface area (Å²) in [4.78, 5) is 10.9. The average molecular weight is 1850 g/mol. The van der Waals surface area contributed by atoms with Gasteiger partial charge in [0.1, 0.15) is 0 Å². The van der Waals surface area contributed by atoms with E-state index in [0.717, 1.165) is 39.0 Å². The van der Waals surface area contributed by atoms with Gasteiger partial charge in [-0.25, -0.2) is 0 Å². The molecule has 0 saturated carbocycles. The van der Waals surface area contributed by atoms with E-state index in [2.05, 4.69) is 341 Å². The van der Waals surface area contributed by atoms with E-state index in [0.29, 0.717) is 0 Å². The van der Waals surface area contributed by atoms with Gasteiger partial charge in [0.15, 0.2) is 0 Å². The van der Waals surface area contributed by atoms with Crippen LogP contribution in [-0.4, -0.2) is 72.5 Å². The predicted molar refractivity (Wildman–Crippen MR) is 491 cm³/mol. The van der Waals surface area contributed by atoms with Gasteiger partial charge in [-0.2, -0.15) is 0 Å². The normalized spacial score (nSPS) is 11.1. The Kier molecular flexibility index (Phi) is 22.7. The minimum absolute atomic E-state index is 0.172. The molecule has 0 aliphatic rings. The van der Waals surface area contributed by atoms with Crippen molar-refractivity contribution in [3.8, 4) is 68.4 Å². The summed E-state index contributed by atoms with van der Waals surface area (Å²) in [5.41, 5.74) is 26.9. The first-order chi connectivity index (χ1) is 57.2. The number of nitrogens with zero attached hydrogens (tertiary/aromatic N) is 10. The Labute approximate surface area is 717 Å². The molecule has 0 N–H and O–H groups in total. The van der Waals surface area contributed by atoms with Gasteiger partial charge in [0, 0.05) is 0 Å². The quantitative estimate of drug-likeness (QED) is 0.0977. The second-order valence-corrected chi connectivity index (χ2v) is 41.1. The van der Waals surface area contributed by atoms with Gasteiger partial charge in [-0.1, -0.05) is 0 Å². The van der Waals surface area contributed by atoms with Crippen molar-refractivity contribution < 1.29 is 22.8 Å². The van der Waals surface area contributed by atoms with Crippen LogP contribution in [0.2, 0.25) is 0 Å². The summed E-state index contributed by atoms with van der Waals surface area (Å²) < 4.78 is 24.7. The molecule has 0 fully saturated rings. The summed E-state index contributed by atoms with van der Waals surface area (Å²) >= 11 is 1.17. The SMILES string of the molecule is Cc1cc(C#N)c2c([se]c3ccccc32)c1-c1cccc[n+]1C.Cc1ccc(-c2c(C)ccc3c2[se]c2cccc(C#N)c23)[n+](C)c1.[C-]#[N+]c1ccc2[se]c3c(-c4cccc[n+]4C)c(C)ccc3c2c1.[C-]#[N+]c1ccc2c(c1)[se]c1c(-c3ccc(C)c[n+]3C)c(C)ccc12.[C-]#[N+]c1cccc2c1[se]c1c(-c3ccc(C)c[n+]3C)c(C)ccc12. The summed E-state index contributed by atoms with van der Waals surface area (Å²) in [6.45, 7) is 39.2. The Balaban J connectivity index is 0.000000110. The zero-order valence-corrected chi connectivity index (χ0v) is 76.3. The summed E-state index contributed by atoms with van der Waals surface area (Å²) in [7, 11) is 10.5. The number of fused-ring (bicyclic) bond motifs is 15. The Morgan fingerprint density at radius 1 is 0.280 bits per heavy atom. The standard InChI is InChI=1S/3C21H17N2Se.2C20H15N2Se/c1-13-5-10-18(23(4)12-13)20-14(2)6-8-17-16-9-7-15(22-3)11-19(16)24-21(17)20;1-13-8-11-18(23(4)12-13)19-14(2)9-10-16-15-6-5-7-17(22-3)20(15)24-21(16)19;1-13-7-10-17(23(3)12-13)19-14(2)8-9-16-20-15(11-22)5-4-6-18(20)24-21(16)19;1-13-7-9-15-16-12-14(21-2)8-10-18(16)23-20(15)19(13)17-6-4-5-11-22(17)3;1-13-11-14(12-21)19-15-7-3-4-9-17(15)23-20(19)18(13)16-8-5-6-10-22(16)2/h2*5-12H,1-2,4H3;4-10,12H,1-3H3;4-12H,1,3H3;3-11H,1-2H3/q5*+1. The third-order valence-electron chi connectivity index (χ3n) is 22.1. The number of nitriles is 2. The van der Waals surface area contributed by atoms with Crippen LogP contribution in [0, 0.1) is 97.8 Å². The summed E-state index contributed by atoms with van der Waals surface area (Å²) in [5.74, 6) is 0. The molecule has 0 amide bonds. The fraction of sp³-hybridized carbons (Fsp3) is 0.126. The molecule has 10 nitrogen and oxygen atoms in total. The third kappa shape index (κ3) is 14.9. The molecule has 20 rings (SSSR count). The van der Waals surface area contributed by atoms with E-state index in [-0.39, 0.29) is 72.5 Å². The van der Waals surface area contributed by atoms with Crippen molar-refractivity contribution in [2.24, 2.45) is 35.2 Å². The van der Waals surface area contributed by atoms with E-state index < -0.39 is 0 Å². The van der Waals surface area contributed by atoms with Crippen molar-refractivity contribution in [3.05, 3.63) is 345 Å². The van der Waals surface area contributed by atoms with Gasteiger partial charge in [-0.15, -0.1) is 0 Å². The number of hydrogen-bond donors (Lipinski definition) is 0. The molecule has 118 heavy (non-hydrogen) atoms. The van der Waals surface area contributed by atoms with Gasteiger partial charge in [-0.05, 0) is 0 Å². The van der Waals surface area contributed by atoms with Gasteiger partial charge < -0.3 is 0 Å². The molecule has 10 aromatic carbocycles. The van der Waals surface area contributed by atoms with Crippen LogP contribution >= 0.6 is 0 Å². The van der Waals surface area contributed by atoms with Crippen molar-refractivity contribution >= 4 is 186 Å². The molecule has 0 aliphatic carbocycles. The Bertz CT molecular complexity index is 7690. The van der Waals surface area contributed by atoms with Gasteiger partial charge in [0.2, 0.25) is 0 Å². The second-order valence-electron chi connectivity index (χ2n) is 30.1. The average Bonchev–Trinajstić information content (AvgIpc) is 1.61. The fourth-order valence-electron chi connectivity index (χ4n) is 16.4. The molecular formula is C103H81N10Se5+5. The molecule has 0 atom stereocenters. The van der Waals surface area contributed by atoms with E-state index >= 15 is 0 Å². The first-order valence-electron chi connectivity index (χ1n) is 38.7. The van der Waals surface area contributed by atoms with E-state index in [1.54, 1.807) is 0 Å². The molecule has 0 spiro atoms. The predicted octanol–water partition coefficient (Wildman–Crippen LogP) is 21.6. The molecule has 10 aromatic heterocycles. The van der Waals surface area contributed by atoms with Crippen molar-refractivity contribution in [2.45, 2.75) is 55.4 Å². The first kappa shape index (κ1) is 79.8. The van der Waals surface area contributed by atoms with Crippen LogP contribution in [0.5, 0.6) is 0 Å². The molecule has 568 valence electrons. The molecule has 20 aromatic rings. The summed E-state index contributed by atoms with van der Waals surface area (Å²) in [6, 6.07) is 83.3. The van der Waals surface area contributed by atoms with Gasteiger partial charge >= 0.3 is 724 Å². The molecule has 15 heteroatoms. The van der Waals surface area contributed by atoms with Crippen molar-refractivity contribution in [1.29, 1.82) is 10.5 Å². The summed E-state index contributed by atoms with van der Waals surface area (Å²) in [6.07, 6.45) is 10.7. The van der Waals surface area contributed by atoms with E-state index in [4.69, 9.17) is 19.7 Å². The third-order valence-corrected chi connectivity index (χ3v) is 34.7. The number of rotatable bonds is 5. The van der Waals surface area contributed by atoms with Crippen LogP contribution in [0.15, 0.2) is 255 Å². The maximum absolute atomic E-state index is 9.62. The Hall–Kier alpha value is -12.0. The first-order valence-corrected chi connectivity index (χ1v) is 47.2. The van der Waals surface area contributed by atoms with Gasteiger partial charge in [0.05, 0.1) is 0 Å². The molecule has 0 bridgehead atoms. The van der Waals surface area contributed by atoms with Crippen molar-refractivity contribution in [3.63, 3.8) is 0 Å². The number of hydrogen-bond acceptors (Lipinski definition) is 2. The Morgan fingerprint density at radius 2 is 0.686 bits per heavy atom. The van der Waals surface area contributed by atoms with Crippen LogP contribution in [0.25, 0.3) is 167 Å². The number of aryl methyl sites for hydroxylation is 13. The van der Waals surface area contributed by atoms with Crippen LogP contribution < -0.4 is 22.8 Å². The molecule has 10 heterocycles. The molecular weight excluding hydrogens is 1770 g/mol. The van der Waals surface area contributed by atoms with Crippen LogP contribution in [0.1, 0.15) is 55.6 Å². The fourth-order valence-corrected chi connectivity index (χ4v) is 30.4. The zero-order valence-electron chi connectivity index (χ0n) is 67.8. The van der Waals surface area contributed by atoms with E-state index in [1.165, 1.54) is 186 Å². The number of benzene rings is 10. The zero-order chi connectivity index (χ0) is 82.5. The number of aromatic nitrogens is 5. The van der Waals surface area contributed by atoms with E-state index in [9.17, 15) is 10.5 Å². The topological polar surface area (TPSA) is 80.1 Å². The summed E-state index contributed by atoms with van der Waals surface area (Å²) in [5, 5.41) is 31.6. The van der Waals surface area contributed by atoms with Crippen molar-refractivity contribution in [2.75, 3.05) is 0 Å². The Morgan fingerprint density at radius 3 is 1.22 bits per heavy atom.